The van der Waals surface area contributed by atoms with Crippen LogP contribution in [0.15, 0.2) is 30.5 Å². The molecule has 1 amide bonds. The van der Waals surface area contributed by atoms with Crippen LogP contribution in [0, 0.1) is 18.7 Å². The average Bonchev–Trinajstić information content (AvgIpc) is 3.12. The van der Waals surface area contributed by atoms with Gasteiger partial charge >= 0.3 is 5.97 Å². The number of aryl methyl sites for hydroxylation is 2. The van der Waals surface area contributed by atoms with Gasteiger partial charge in [-0.1, -0.05) is 23.5 Å². The summed E-state index contributed by atoms with van der Waals surface area (Å²) in [4.78, 5) is 30.2. The summed E-state index contributed by atoms with van der Waals surface area (Å²) in [6.07, 6.45) is 3.54. The molecule has 1 aliphatic heterocycles. The molecule has 3 heterocycles. The number of halogens is 1. The van der Waals surface area contributed by atoms with Gasteiger partial charge in [0, 0.05) is 31.4 Å². The molecule has 3 aromatic rings. The van der Waals surface area contributed by atoms with Crippen LogP contribution in [-0.4, -0.2) is 55.3 Å². The number of carbonyl (C=O) groups is 2. The summed E-state index contributed by atoms with van der Waals surface area (Å²) in [5.41, 5.74) is 13.4. The lowest BCUT2D eigenvalue weighted by atomic mass is 10.1. The molecule has 2 fully saturated rings. The number of benzene rings is 1. The number of anilines is 1. The van der Waals surface area contributed by atoms with Crippen LogP contribution in [0.4, 0.5) is 9.52 Å². The number of piperidine rings is 1. The van der Waals surface area contributed by atoms with Crippen molar-refractivity contribution in [1.82, 2.24) is 19.7 Å². The van der Waals surface area contributed by atoms with Crippen LogP contribution in [0.1, 0.15) is 46.3 Å². The van der Waals surface area contributed by atoms with Crippen LogP contribution in [0.2, 0.25) is 0 Å². The highest BCUT2D eigenvalue weighted by Crippen LogP contribution is 2.48. The van der Waals surface area contributed by atoms with Crippen LogP contribution in [0.3, 0.4) is 0 Å². The third kappa shape index (κ3) is 4.66. The number of likely N-dealkylation sites (tertiary alicyclic amines) is 1. The molecular weight excluding hydrogens is 459 g/mol. The quantitative estimate of drug-likeness (QED) is 0.503. The molecule has 1 saturated carbocycles. The molecule has 0 unspecified atom stereocenters. The molecule has 5 N–H and O–H groups in total. The SMILES string of the molecule is CCn1cc(C(=O)O)c(C)n1.NC[C@@H]1C[C@@H]2C[C@@H]2N1C(=O)c1nc(N)sc1-c1cccc(F)c1. The molecule has 11 heteroatoms. The highest BCUT2D eigenvalue weighted by Gasteiger charge is 2.54. The highest BCUT2D eigenvalue weighted by molar-refractivity contribution is 7.19. The Hall–Kier alpha value is -3.31. The van der Waals surface area contributed by atoms with Gasteiger partial charge in [-0.05, 0) is 50.3 Å². The van der Waals surface area contributed by atoms with E-state index in [0.29, 0.717) is 46.0 Å². The number of nitrogens with zero attached hydrogens (tertiary/aromatic N) is 4. The fraction of sp³-hybridized carbons (Fsp3) is 0.391. The Balaban J connectivity index is 0.000000210. The second-order valence-corrected chi connectivity index (χ2v) is 9.46. The molecule has 1 saturated heterocycles. The van der Waals surface area contributed by atoms with Gasteiger partial charge in [0.2, 0.25) is 0 Å². The molecule has 5 rings (SSSR count). The van der Waals surface area contributed by atoms with E-state index in [1.165, 1.54) is 29.7 Å². The van der Waals surface area contributed by atoms with Gasteiger partial charge in [0.1, 0.15) is 17.1 Å². The number of rotatable bonds is 5. The number of hydrogen-bond acceptors (Lipinski definition) is 7. The number of aromatic carboxylic acids is 1. The van der Waals surface area contributed by atoms with Gasteiger partial charge in [0.15, 0.2) is 5.13 Å². The predicted molar refractivity (Wildman–Crippen MR) is 127 cm³/mol. The topological polar surface area (TPSA) is 140 Å². The van der Waals surface area contributed by atoms with Crippen LogP contribution in [0.25, 0.3) is 10.4 Å². The molecular formula is C23H27FN6O3S. The van der Waals surface area contributed by atoms with E-state index in [2.05, 4.69) is 10.1 Å². The smallest absolute Gasteiger partial charge is 0.339 e. The molecule has 3 atom stereocenters. The summed E-state index contributed by atoms with van der Waals surface area (Å²) in [6, 6.07) is 6.48. The third-order valence-electron chi connectivity index (χ3n) is 6.15. The molecule has 0 bridgehead atoms. The molecule has 34 heavy (non-hydrogen) atoms. The zero-order chi connectivity index (χ0) is 24.6. The summed E-state index contributed by atoms with van der Waals surface area (Å²) >= 11 is 1.21. The second kappa shape index (κ2) is 9.51. The van der Waals surface area contributed by atoms with Crippen LogP contribution < -0.4 is 11.5 Å². The van der Waals surface area contributed by atoms with Crippen molar-refractivity contribution in [2.45, 2.75) is 45.3 Å². The Labute approximate surface area is 200 Å². The van der Waals surface area contributed by atoms with Gasteiger partial charge < -0.3 is 21.5 Å². The summed E-state index contributed by atoms with van der Waals surface area (Å²) in [6.45, 7) is 4.76. The van der Waals surface area contributed by atoms with Crippen LogP contribution >= 0.6 is 11.3 Å². The molecule has 180 valence electrons. The zero-order valence-corrected chi connectivity index (χ0v) is 19.8. The lowest BCUT2D eigenvalue weighted by molar-refractivity contribution is 0.0689. The molecule has 2 aromatic heterocycles. The lowest BCUT2D eigenvalue weighted by Gasteiger charge is -2.26. The van der Waals surface area contributed by atoms with Crippen molar-refractivity contribution in [3.8, 4) is 10.4 Å². The number of hydrogen-bond donors (Lipinski definition) is 3. The van der Waals surface area contributed by atoms with Crippen LogP contribution in [-0.2, 0) is 6.54 Å². The first kappa shape index (κ1) is 23.8. The number of thiazole rings is 1. The maximum atomic E-state index is 13.5. The maximum absolute atomic E-state index is 13.5. The van der Waals surface area contributed by atoms with E-state index in [1.807, 2.05) is 11.8 Å². The zero-order valence-electron chi connectivity index (χ0n) is 18.9. The van der Waals surface area contributed by atoms with E-state index in [4.69, 9.17) is 16.6 Å². The Morgan fingerprint density at radius 3 is 2.68 bits per heavy atom. The summed E-state index contributed by atoms with van der Waals surface area (Å²) in [7, 11) is 0. The van der Waals surface area contributed by atoms with Crippen molar-refractivity contribution < 1.29 is 19.1 Å². The fourth-order valence-electron chi connectivity index (χ4n) is 4.40. The molecule has 0 radical (unpaired) electrons. The maximum Gasteiger partial charge on any atom is 0.339 e. The monoisotopic (exact) mass is 486 g/mol. The minimum absolute atomic E-state index is 0.0644. The van der Waals surface area contributed by atoms with Gasteiger partial charge in [-0.15, -0.1) is 0 Å². The van der Waals surface area contributed by atoms with Crippen molar-refractivity contribution in [2.24, 2.45) is 11.7 Å². The second-order valence-electron chi connectivity index (χ2n) is 8.43. The van der Waals surface area contributed by atoms with E-state index in [1.54, 1.807) is 23.7 Å². The van der Waals surface area contributed by atoms with Crippen molar-refractivity contribution in [3.63, 3.8) is 0 Å². The van der Waals surface area contributed by atoms with E-state index >= 15 is 0 Å². The van der Waals surface area contributed by atoms with E-state index in [9.17, 15) is 14.0 Å². The molecule has 9 nitrogen and oxygen atoms in total. The van der Waals surface area contributed by atoms with E-state index in [-0.39, 0.29) is 29.4 Å². The number of nitrogen functional groups attached to an aromatic ring is 1. The number of carbonyl (C=O) groups excluding carboxylic acids is 1. The first-order chi connectivity index (χ1) is 16.2. The molecule has 2 aliphatic rings. The van der Waals surface area contributed by atoms with Gasteiger partial charge in [-0.2, -0.15) is 5.10 Å². The van der Waals surface area contributed by atoms with Gasteiger partial charge in [0.05, 0.1) is 10.6 Å². The lowest BCUT2D eigenvalue weighted by Crippen LogP contribution is -2.42. The number of fused-ring (bicyclic) bond motifs is 1. The number of aromatic nitrogens is 3. The molecule has 0 spiro atoms. The van der Waals surface area contributed by atoms with Gasteiger partial charge in [0.25, 0.3) is 5.91 Å². The largest absolute Gasteiger partial charge is 0.478 e. The summed E-state index contributed by atoms with van der Waals surface area (Å²) < 4.78 is 15.1. The fourth-order valence-corrected chi connectivity index (χ4v) is 5.23. The Kier molecular flexibility index (Phi) is 6.67. The minimum atomic E-state index is -0.915. The third-order valence-corrected chi connectivity index (χ3v) is 7.08. The Morgan fingerprint density at radius 1 is 1.32 bits per heavy atom. The molecule has 1 aromatic carbocycles. The number of amides is 1. The first-order valence-electron chi connectivity index (χ1n) is 11.1. The minimum Gasteiger partial charge on any atom is -0.478 e. The average molecular weight is 487 g/mol. The van der Waals surface area contributed by atoms with E-state index < -0.39 is 5.97 Å². The van der Waals surface area contributed by atoms with Crippen molar-refractivity contribution in [3.05, 3.63) is 53.2 Å². The van der Waals surface area contributed by atoms with E-state index in [0.717, 1.165) is 12.8 Å². The number of carboxylic acids is 1. The number of nitrogens with two attached hydrogens (primary N) is 2. The van der Waals surface area contributed by atoms with Gasteiger partial charge in [-0.3, -0.25) is 9.48 Å². The standard InChI is InChI=1S/C16H17FN4OS.C7H10N2O2/c17-10-3-1-2-8(4-10)14-13(20-16(19)23-14)15(22)21-11(7-18)5-9-6-12(9)21;1-3-9-4-6(7(10)11)5(2)8-9/h1-4,9,11-12H,5-7,18H2,(H2,19,20);4H,3H2,1-2H3,(H,10,11)/t9-,11+,12+;/m1./s1. The first-order valence-corrected chi connectivity index (χ1v) is 11.9. The predicted octanol–water partition coefficient (Wildman–Crippen LogP) is 3.00. The Morgan fingerprint density at radius 2 is 2.09 bits per heavy atom. The Bertz CT molecular complexity index is 1230. The number of carboxylic acid groups (broad SMARTS) is 1. The van der Waals surface area contributed by atoms with Crippen molar-refractivity contribution >= 4 is 28.3 Å². The molecule has 1 aliphatic carbocycles. The van der Waals surface area contributed by atoms with Gasteiger partial charge in [-0.25, -0.2) is 14.2 Å². The normalized spacial score (nSPS) is 20.5. The van der Waals surface area contributed by atoms with Crippen molar-refractivity contribution in [2.75, 3.05) is 12.3 Å². The highest BCUT2D eigenvalue weighted by atomic mass is 32.1. The summed E-state index contributed by atoms with van der Waals surface area (Å²) in [5.74, 6) is -0.836. The van der Waals surface area contributed by atoms with Crippen LogP contribution in [0.5, 0.6) is 0 Å². The van der Waals surface area contributed by atoms with Crippen molar-refractivity contribution in [1.29, 1.82) is 0 Å². The summed E-state index contributed by atoms with van der Waals surface area (Å²) in [5, 5.41) is 12.9.